The first-order chi connectivity index (χ1) is 12.8. The van der Waals surface area contributed by atoms with Gasteiger partial charge in [-0.2, -0.15) is 0 Å². The number of nitrogens with zero attached hydrogens (tertiary/aromatic N) is 1. The summed E-state index contributed by atoms with van der Waals surface area (Å²) in [5.74, 6) is -2.81. The predicted molar refractivity (Wildman–Crippen MR) is 95.7 cm³/mol. The van der Waals surface area contributed by atoms with Gasteiger partial charge < -0.3 is 20.5 Å². The maximum absolute atomic E-state index is 13.1. The molecule has 2 amide bonds. The molecule has 0 bridgehead atoms. The maximum atomic E-state index is 13.1. The molecule has 0 aromatic heterocycles. The second-order valence-corrected chi connectivity index (χ2v) is 5.79. The lowest BCUT2D eigenvalue weighted by Crippen LogP contribution is -2.37. The number of nitrogens with two attached hydrogens (primary N) is 1. The standard InChI is InChI=1S/C19H19FN2O5/c1-12-3-2-4-15(18(12)25)19(26)27-11-17(24)22(10-9-16(21)23)14-7-5-13(20)6-8-14/h2-8,25H,9-11H2,1H3,(H2,21,23). The molecule has 2 rings (SSSR count). The molecule has 0 atom stereocenters. The van der Waals surface area contributed by atoms with Gasteiger partial charge in [-0.25, -0.2) is 9.18 Å². The van der Waals surface area contributed by atoms with Gasteiger partial charge in [0, 0.05) is 18.7 Å². The number of phenolic OH excluding ortho intramolecular Hbond substituents is 1. The average molecular weight is 374 g/mol. The van der Waals surface area contributed by atoms with Crippen LogP contribution in [0.1, 0.15) is 22.3 Å². The van der Waals surface area contributed by atoms with Crippen LogP contribution >= 0.6 is 0 Å². The van der Waals surface area contributed by atoms with E-state index in [1.165, 1.54) is 23.1 Å². The monoisotopic (exact) mass is 374 g/mol. The van der Waals surface area contributed by atoms with Crippen LogP contribution in [0.4, 0.5) is 10.1 Å². The lowest BCUT2D eigenvalue weighted by molar-refractivity contribution is -0.121. The molecule has 0 fully saturated rings. The fourth-order valence-corrected chi connectivity index (χ4v) is 2.35. The van der Waals surface area contributed by atoms with Crippen LogP contribution in [0.2, 0.25) is 0 Å². The van der Waals surface area contributed by atoms with Gasteiger partial charge in [-0.05, 0) is 42.8 Å². The van der Waals surface area contributed by atoms with E-state index >= 15 is 0 Å². The van der Waals surface area contributed by atoms with Gasteiger partial charge in [-0.3, -0.25) is 9.59 Å². The number of anilines is 1. The number of amides is 2. The molecule has 0 unspecified atom stereocenters. The number of rotatable bonds is 7. The minimum atomic E-state index is -0.862. The summed E-state index contributed by atoms with van der Waals surface area (Å²) >= 11 is 0. The number of hydrogen-bond donors (Lipinski definition) is 2. The first-order valence-corrected chi connectivity index (χ1v) is 8.09. The molecule has 2 aromatic carbocycles. The molecule has 0 radical (unpaired) electrons. The van der Waals surface area contributed by atoms with Crippen molar-refractivity contribution in [1.82, 2.24) is 0 Å². The molecule has 3 N–H and O–H groups in total. The number of esters is 1. The van der Waals surface area contributed by atoms with E-state index in [2.05, 4.69) is 0 Å². The van der Waals surface area contributed by atoms with Crippen LogP contribution in [0.25, 0.3) is 0 Å². The number of carbonyl (C=O) groups excluding carboxylic acids is 3. The SMILES string of the molecule is Cc1cccc(C(=O)OCC(=O)N(CCC(N)=O)c2ccc(F)cc2)c1O. The number of ether oxygens (including phenoxy) is 1. The third kappa shape index (κ3) is 5.27. The maximum Gasteiger partial charge on any atom is 0.342 e. The minimum Gasteiger partial charge on any atom is -0.507 e. The molecule has 0 saturated heterocycles. The van der Waals surface area contributed by atoms with Gasteiger partial charge in [0.05, 0.1) is 0 Å². The van der Waals surface area contributed by atoms with E-state index in [-0.39, 0.29) is 24.3 Å². The van der Waals surface area contributed by atoms with Gasteiger partial charge in [0.2, 0.25) is 5.91 Å². The first kappa shape index (κ1) is 19.9. The van der Waals surface area contributed by atoms with E-state index in [0.717, 1.165) is 12.1 Å². The summed E-state index contributed by atoms with van der Waals surface area (Å²) in [6.07, 6.45) is -0.115. The van der Waals surface area contributed by atoms with Crippen LogP contribution in [0.5, 0.6) is 5.75 Å². The summed E-state index contributed by atoms with van der Waals surface area (Å²) in [5, 5.41) is 9.91. The number of halogens is 1. The molecule has 8 heteroatoms. The molecule has 0 spiro atoms. The van der Waals surface area contributed by atoms with Crippen molar-refractivity contribution in [3.05, 3.63) is 59.4 Å². The van der Waals surface area contributed by atoms with Crippen molar-refractivity contribution >= 4 is 23.5 Å². The summed E-state index contributed by atoms with van der Waals surface area (Å²) < 4.78 is 18.1. The normalized spacial score (nSPS) is 10.3. The molecule has 0 aliphatic carbocycles. The predicted octanol–water partition coefficient (Wildman–Crippen LogP) is 1.91. The highest BCUT2D eigenvalue weighted by atomic mass is 19.1. The fourth-order valence-electron chi connectivity index (χ4n) is 2.35. The zero-order chi connectivity index (χ0) is 20.0. The molecule has 142 valence electrons. The highest BCUT2D eigenvalue weighted by Crippen LogP contribution is 2.22. The Morgan fingerprint density at radius 2 is 1.81 bits per heavy atom. The Bertz CT molecular complexity index is 852. The average Bonchev–Trinajstić information content (AvgIpc) is 2.63. The number of phenols is 1. The van der Waals surface area contributed by atoms with E-state index in [9.17, 15) is 23.9 Å². The van der Waals surface area contributed by atoms with Crippen LogP contribution in [0.3, 0.4) is 0 Å². The molecule has 2 aromatic rings. The van der Waals surface area contributed by atoms with Gasteiger partial charge in [0.15, 0.2) is 6.61 Å². The second-order valence-electron chi connectivity index (χ2n) is 5.79. The van der Waals surface area contributed by atoms with Crippen molar-refractivity contribution in [1.29, 1.82) is 0 Å². The van der Waals surface area contributed by atoms with Crippen molar-refractivity contribution in [3.63, 3.8) is 0 Å². The lowest BCUT2D eigenvalue weighted by atomic mass is 10.1. The molecule has 0 heterocycles. The highest BCUT2D eigenvalue weighted by molar-refractivity contribution is 5.98. The summed E-state index contributed by atoms with van der Waals surface area (Å²) in [4.78, 5) is 36.8. The minimum absolute atomic E-state index is 0.0486. The van der Waals surface area contributed by atoms with Crippen LogP contribution in [0.15, 0.2) is 42.5 Å². The van der Waals surface area contributed by atoms with Crippen LogP contribution in [-0.4, -0.2) is 36.0 Å². The van der Waals surface area contributed by atoms with Gasteiger partial charge in [0.25, 0.3) is 5.91 Å². The molecule has 7 nitrogen and oxygen atoms in total. The van der Waals surface area contributed by atoms with E-state index in [1.807, 2.05) is 0 Å². The number of aryl methyl sites for hydroxylation is 1. The number of benzene rings is 2. The fraction of sp³-hybridized carbons (Fsp3) is 0.211. The van der Waals surface area contributed by atoms with Crippen LogP contribution in [0, 0.1) is 12.7 Å². The highest BCUT2D eigenvalue weighted by Gasteiger charge is 2.20. The van der Waals surface area contributed by atoms with E-state index in [4.69, 9.17) is 10.5 Å². The molecular weight excluding hydrogens is 355 g/mol. The molecule has 0 aliphatic heterocycles. The third-order valence-electron chi connectivity index (χ3n) is 3.81. The molecule has 0 aliphatic rings. The van der Waals surface area contributed by atoms with Crippen LogP contribution in [-0.2, 0) is 14.3 Å². The van der Waals surface area contributed by atoms with E-state index in [0.29, 0.717) is 11.3 Å². The topological polar surface area (TPSA) is 110 Å². The summed E-state index contributed by atoms with van der Waals surface area (Å²) in [6, 6.07) is 9.63. The Morgan fingerprint density at radius 3 is 2.44 bits per heavy atom. The smallest absolute Gasteiger partial charge is 0.342 e. The molecular formula is C19H19FN2O5. The molecule has 27 heavy (non-hydrogen) atoms. The summed E-state index contributed by atoms with van der Waals surface area (Å²) in [7, 11) is 0. The van der Waals surface area contributed by atoms with Gasteiger partial charge in [-0.1, -0.05) is 12.1 Å². The first-order valence-electron chi connectivity index (χ1n) is 8.09. The van der Waals surface area contributed by atoms with Crippen molar-refractivity contribution < 1.29 is 28.6 Å². The Hall–Kier alpha value is -3.42. The van der Waals surface area contributed by atoms with Crippen molar-refractivity contribution in [2.75, 3.05) is 18.1 Å². The van der Waals surface area contributed by atoms with Crippen molar-refractivity contribution in [3.8, 4) is 5.75 Å². The number of primary amides is 1. The Labute approximate surface area is 155 Å². The third-order valence-corrected chi connectivity index (χ3v) is 3.81. The summed E-state index contributed by atoms with van der Waals surface area (Å²) in [6.45, 7) is 0.951. The Morgan fingerprint density at radius 1 is 1.15 bits per heavy atom. The Balaban J connectivity index is 2.10. The van der Waals surface area contributed by atoms with Gasteiger partial charge in [0.1, 0.15) is 17.1 Å². The quantitative estimate of drug-likeness (QED) is 0.720. The number of aromatic hydroxyl groups is 1. The van der Waals surface area contributed by atoms with E-state index < -0.39 is 30.2 Å². The van der Waals surface area contributed by atoms with E-state index in [1.54, 1.807) is 19.1 Å². The number of hydrogen-bond acceptors (Lipinski definition) is 5. The number of para-hydroxylation sites is 1. The zero-order valence-corrected chi connectivity index (χ0v) is 14.6. The van der Waals surface area contributed by atoms with Crippen molar-refractivity contribution in [2.24, 2.45) is 5.73 Å². The Kier molecular flexibility index (Phi) is 6.48. The molecule has 0 saturated carbocycles. The van der Waals surface area contributed by atoms with Crippen molar-refractivity contribution in [2.45, 2.75) is 13.3 Å². The number of carbonyl (C=O) groups is 3. The van der Waals surface area contributed by atoms with Crippen LogP contribution < -0.4 is 10.6 Å². The van der Waals surface area contributed by atoms with Gasteiger partial charge in [-0.15, -0.1) is 0 Å². The largest absolute Gasteiger partial charge is 0.507 e. The second kappa shape index (κ2) is 8.79. The summed E-state index contributed by atoms with van der Waals surface area (Å²) in [5.41, 5.74) is 5.88. The lowest BCUT2D eigenvalue weighted by Gasteiger charge is -2.22. The van der Waals surface area contributed by atoms with Gasteiger partial charge >= 0.3 is 5.97 Å². The zero-order valence-electron chi connectivity index (χ0n) is 14.6.